The number of carbonyl (C=O) groups is 2. The van der Waals surface area contributed by atoms with Crippen LogP contribution in [0.15, 0.2) is 41.3 Å². The number of carbonyl (C=O) groups excluding carboxylic acids is 2. The fourth-order valence-corrected chi connectivity index (χ4v) is 5.79. The van der Waals surface area contributed by atoms with Gasteiger partial charge in [-0.2, -0.15) is 4.31 Å². The Labute approximate surface area is 200 Å². The quantitative estimate of drug-likeness (QED) is 0.590. The van der Waals surface area contributed by atoms with E-state index in [0.717, 1.165) is 36.8 Å². The molecule has 1 saturated heterocycles. The molecule has 178 valence electrons. The smallest absolute Gasteiger partial charge is 0.338 e. The van der Waals surface area contributed by atoms with Gasteiger partial charge in [-0.05, 0) is 62.9 Å². The Morgan fingerprint density at radius 2 is 1.64 bits per heavy atom. The molecule has 1 atom stereocenters. The van der Waals surface area contributed by atoms with Crippen molar-refractivity contribution >= 4 is 39.2 Å². The molecule has 1 N–H and O–H groups in total. The van der Waals surface area contributed by atoms with E-state index in [1.165, 1.54) is 29.4 Å². The number of nitrogens with zero attached hydrogens (tertiary/aromatic N) is 1. The van der Waals surface area contributed by atoms with Crippen molar-refractivity contribution < 1.29 is 22.7 Å². The second-order valence-corrected chi connectivity index (χ2v) is 10.6. The van der Waals surface area contributed by atoms with Crippen LogP contribution in [0.2, 0.25) is 5.02 Å². The molecule has 0 saturated carbocycles. The lowest BCUT2D eigenvalue weighted by molar-refractivity contribution is -0.123. The van der Waals surface area contributed by atoms with E-state index in [1.54, 1.807) is 0 Å². The van der Waals surface area contributed by atoms with Crippen molar-refractivity contribution in [3.8, 4) is 0 Å². The molecule has 1 aliphatic heterocycles. The number of amides is 1. The van der Waals surface area contributed by atoms with Crippen LogP contribution in [0.25, 0.3) is 0 Å². The summed E-state index contributed by atoms with van der Waals surface area (Å²) >= 11 is 6.20. The number of aryl methyl sites for hydroxylation is 2. The summed E-state index contributed by atoms with van der Waals surface area (Å²) in [7, 11) is -3.85. The lowest BCUT2D eigenvalue weighted by Gasteiger charge is -2.21. The van der Waals surface area contributed by atoms with Gasteiger partial charge in [0.2, 0.25) is 10.0 Å². The lowest BCUT2D eigenvalue weighted by Crippen LogP contribution is -2.32. The van der Waals surface area contributed by atoms with Gasteiger partial charge in [-0.3, -0.25) is 4.79 Å². The van der Waals surface area contributed by atoms with E-state index in [-0.39, 0.29) is 15.5 Å². The Morgan fingerprint density at radius 3 is 2.24 bits per heavy atom. The van der Waals surface area contributed by atoms with E-state index in [9.17, 15) is 18.0 Å². The molecule has 1 unspecified atom stereocenters. The first-order valence-corrected chi connectivity index (χ1v) is 12.8. The van der Waals surface area contributed by atoms with E-state index in [0.29, 0.717) is 18.8 Å². The molecule has 3 rings (SSSR count). The average molecular weight is 493 g/mol. The highest BCUT2D eigenvalue weighted by atomic mass is 35.5. The standard InChI is InChI=1S/C24H29ClN2O5S/c1-16-9-8-10-17(2)22(16)26-23(28)18(3)32-24(29)19-11-12-20(25)21(15-19)33(30,31)27-13-6-4-5-7-14-27/h8-12,15,18H,4-7,13-14H2,1-3H3,(H,26,28). The Bertz CT molecular complexity index is 1120. The van der Waals surface area contributed by atoms with Crippen LogP contribution < -0.4 is 5.32 Å². The fourth-order valence-electron chi connectivity index (χ4n) is 3.77. The largest absolute Gasteiger partial charge is 0.449 e. The van der Waals surface area contributed by atoms with Gasteiger partial charge in [0.15, 0.2) is 6.10 Å². The van der Waals surface area contributed by atoms with Crippen LogP contribution in [0.4, 0.5) is 5.69 Å². The number of para-hydroxylation sites is 1. The van der Waals surface area contributed by atoms with Crippen LogP contribution in [-0.2, 0) is 19.6 Å². The predicted octanol–water partition coefficient (Wildman–Crippen LogP) is 4.71. The highest BCUT2D eigenvalue weighted by molar-refractivity contribution is 7.89. The topological polar surface area (TPSA) is 92.8 Å². The summed E-state index contributed by atoms with van der Waals surface area (Å²) in [6.07, 6.45) is 2.44. The number of ether oxygens (including phenoxy) is 1. The third-order valence-electron chi connectivity index (χ3n) is 5.73. The van der Waals surface area contributed by atoms with Crippen LogP contribution in [0.5, 0.6) is 0 Å². The maximum absolute atomic E-state index is 13.2. The molecular weight excluding hydrogens is 464 g/mol. The molecule has 0 spiro atoms. The van der Waals surface area contributed by atoms with Gasteiger partial charge in [-0.15, -0.1) is 0 Å². The molecule has 2 aromatic rings. The van der Waals surface area contributed by atoms with Gasteiger partial charge >= 0.3 is 5.97 Å². The summed E-state index contributed by atoms with van der Waals surface area (Å²) in [6, 6.07) is 9.62. The van der Waals surface area contributed by atoms with Crippen molar-refractivity contribution in [1.82, 2.24) is 4.31 Å². The summed E-state index contributed by atoms with van der Waals surface area (Å²) in [5.74, 6) is -1.28. The first kappa shape index (κ1) is 25.2. The first-order chi connectivity index (χ1) is 15.6. The third-order valence-corrected chi connectivity index (χ3v) is 8.11. The molecule has 7 nitrogen and oxygen atoms in total. The van der Waals surface area contributed by atoms with E-state index >= 15 is 0 Å². The number of halogens is 1. The van der Waals surface area contributed by atoms with Gasteiger partial charge in [0.05, 0.1) is 10.6 Å². The summed E-state index contributed by atoms with van der Waals surface area (Å²) in [5.41, 5.74) is 2.47. The number of benzene rings is 2. The molecule has 9 heteroatoms. The molecule has 1 heterocycles. The first-order valence-electron chi connectivity index (χ1n) is 11.0. The summed E-state index contributed by atoms with van der Waals surface area (Å²) in [5, 5.41) is 2.83. The molecule has 33 heavy (non-hydrogen) atoms. The Kier molecular flexibility index (Phi) is 8.15. The van der Waals surface area contributed by atoms with Crippen molar-refractivity contribution in [2.45, 2.75) is 57.5 Å². The molecule has 1 amide bonds. The number of hydrogen-bond donors (Lipinski definition) is 1. The van der Waals surface area contributed by atoms with Crippen LogP contribution in [0.3, 0.4) is 0 Å². The van der Waals surface area contributed by atoms with Crippen LogP contribution in [0, 0.1) is 13.8 Å². The SMILES string of the molecule is Cc1cccc(C)c1NC(=O)C(C)OC(=O)c1ccc(Cl)c(S(=O)(=O)N2CCCCCC2)c1. The van der Waals surface area contributed by atoms with Crippen LogP contribution in [-0.4, -0.2) is 43.8 Å². The average Bonchev–Trinajstić information content (AvgIpc) is 3.06. The third kappa shape index (κ3) is 5.93. The van der Waals surface area contributed by atoms with Crippen molar-refractivity contribution in [1.29, 1.82) is 0 Å². The number of esters is 1. The number of hydrogen-bond acceptors (Lipinski definition) is 5. The van der Waals surface area contributed by atoms with Crippen LogP contribution in [0.1, 0.15) is 54.1 Å². The Hall–Kier alpha value is -2.42. The zero-order valence-electron chi connectivity index (χ0n) is 19.1. The highest BCUT2D eigenvalue weighted by Crippen LogP contribution is 2.28. The lowest BCUT2D eigenvalue weighted by atomic mass is 10.1. The zero-order chi connectivity index (χ0) is 24.2. The van der Waals surface area contributed by atoms with Gasteiger partial charge < -0.3 is 10.1 Å². The molecule has 1 fully saturated rings. The van der Waals surface area contributed by atoms with Gasteiger partial charge in [-0.1, -0.05) is 42.6 Å². The second-order valence-electron chi connectivity index (χ2n) is 8.27. The van der Waals surface area contributed by atoms with E-state index in [2.05, 4.69) is 5.32 Å². The minimum Gasteiger partial charge on any atom is -0.449 e. The maximum Gasteiger partial charge on any atom is 0.338 e. The van der Waals surface area contributed by atoms with Crippen molar-refractivity contribution in [2.75, 3.05) is 18.4 Å². The fraction of sp³-hybridized carbons (Fsp3) is 0.417. The summed E-state index contributed by atoms with van der Waals surface area (Å²) < 4.78 is 33.1. The molecule has 0 aliphatic carbocycles. The monoisotopic (exact) mass is 492 g/mol. The van der Waals surface area contributed by atoms with E-state index < -0.39 is 28.0 Å². The number of nitrogens with one attached hydrogen (secondary N) is 1. The van der Waals surface area contributed by atoms with Crippen molar-refractivity contribution in [3.63, 3.8) is 0 Å². The minimum absolute atomic E-state index is 0.0134. The van der Waals surface area contributed by atoms with E-state index in [4.69, 9.17) is 16.3 Å². The van der Waals surface area contributed by atoms with Gasteiger partial charge in [0.25, 0.3) is 5.91 Å². The second kappa shape index (κ2) is 10.7. The number of anilines is 1. The molecule has 2 aromatic carbocycles. The van der Waals surface area contributed by atoms with Gasteiger partial charge in [0, 0.05) is 18.8 Å². The minimum atomic E-state index is -3.85. The summed E-state index contributed by atoms with van der Waals surface area (Å²) in [6.45, 7) is 6.05. The van der Waals surface area contributed by atoms with Gasteiger partial charge in [0.1, 0.15) is 4.90 Å². The highest BCUT2D eigenvalue weighted by Gasteiger charge is 2.29. The number of sulfonamides is 1. The maximum atomic E-state index is 13.2. The summed E-state index contributed by atoms with van der Waals surface area (Å²) in [4.78, 5) is 25.2. The molecule has 0 bridgehead atoms. The Balaban J connectivity index is 1.75. The molecular formula is C24H29ClN2O5S. The van der Waals surface area contributed by atoms with Crippen LogP contribution >= 0.6 is 11.6 Å². The predicted molar refractivity (Wildman–Crippen MR) is 128 cm³/mol. The molecule has 0 radical (unpaired) electrons. The van der Waals surface area contributed by atoms with Crippen molar-refractivity contribution in [2.24, 2.45) is 0 Å². The molecule has 0 aromatic heterocycles. The zero-order valence-corrected chi connectivity index (χ0v) is 20.6. The normalized spacial score (nSPS) is 16.0. The number of rotatable bonds is 6. The van der Waals surface area contributed by atoms with Gasteiger partial charge in [-0.25, -0.2) is 13.2 Å². The Morgan fingerprint density at radius 1 is 1.03 bits per heavy atom. The van der Waals surface area contributed by atoms with Crippen molar-refractivity contribution in [3.05, 3.63) is 58.1 Å². The van der Waals surface area contributed by atoms with E-state index in [1.807, 2.05) is 32.0 Å². The molecule has 1 aliphatic rings.